The van der Waals surface area contributed by atoms with Crippen LogP contribution in [0.3, 0.4) is 0 Å². The summed E-state index contributed by atoms with van der Waals surface area (Å²) in [6.07, 6.45) is 2.76. The fourth-order valence-corrected chi connectivity index (χ4v) is 6.46. The van der Waals surface area contributed by atoms with E-state index in [-0.39, 0.29) is 30.5 Å². The summed E-state index contributed by atoms with van der Waals surface area (Å²) in [6.45, 7) is 3.06. The molecular weight excluding hydrogens is 328 g/mol. The van der Waals surface area contributed by atoms with E-state index in [4.69, 9.17) is 9.73 Å². The number of para-hydroxylation sites is 1. The van der Waals surface area contributed by atoms with Crippen LogP contribution in [0.25, 0.3) is 0 Å². The van der Waals surface area contributed by atoms with E-state index in [2.05, 4.69) is 30.0 Å². The Balaban J connectivity index is 1.63. The van der Waals surface area contributed by atoms with Crippen LogP contribution in [0.15, 0.2) is 29.3 Å². The fraction of sp³-hybridized carbons (Fsp3) is 0.619. The Hall–Kier alpha value is -1.72. The standard InChI is InChI=1S/C21H26N2O3/c1-3-12-10-23-17-9-15(12)21(11-24,20(25)26-2)18(23)8-14-13-6-4-5-7-16(13)22-19(14)17/h4-7,12,14-15,17-18,24H,3,8-11H2,1-2H3. The molecule has 0 radical (unpaired) electrons. The van der Waals surface area contributed by atoms with E-state index in [1.807, 2.05) is 6.07 Å². The molecule has 7 atom stereocenters. The van der Waals surface area contributed by atoms with Gasteiger partial charge in [0.05, 0.1) is 19.4 Å². The number of methoxy groups -OCH3 is 1. The minimum Gasteiger partial charge on any atom is -0.468 e. The lowest BCUT2D eigenvalue weighted by Gasteiger charge is -2.65. The molecule has 4 fully saturated rings. The van der Waals surface area contributed by atoms with Gasteiger partial charge in [-0.1, -0.05) is 31.5 Å². The van der Waals surface area contributed by atoms with Crippen LogP contribution in [-0.4, -0.2) is 54.0 Å². The van der Waals surface area contributed by atoms with Crippen molar-refractivity contribution in [3.05, 3.63) is 29.8 Å². The number of aliphatic hydroxyl groups is 1. The minimum absolute atomic E-state index is 0.0293. The molecule has 4 saturated heterocycles. The number of carbonyl (C=O) groups excluding carboxylic acids is 1. The highest BCUT2D eigenvalue weighted by Crippen LogP contribution is 2.59. The highest BCUT2D eigenvalue weighted by Gasteiger charge is 2.67. The number of esters is 1. The SMILES string of the molecule is CCC1CN2C3CC1C(CO)(C(=O)OC)C2CC1C3=Nc2ccccc21. The molecule has 138 valence electrons. The number of nitrogens with zero attached hydrogens (tertiary/aromatic N) is 2. The van der Waals surface area contributed by atoms with Crippen LogP contribution in [-0.2, 0) is 9.53 Å². The number of fused-ring (bicyclic) bond motifs is 4. The van der Waals surface area contributed by atoms with Crippen LogP contribution >= 0.6 is 0 Å². The second kappa shape index (κ2) is 5.64. The number of hydrogen-bond donors (Lipinski definition) is 1. The van der Waals surface area contributed by atoms with E-state index in [0.29, 0.717) is 12.0 Å². The molecule has 7 unspecified atom stereocenters. The van der Waals surface area contributed by atoms with E-state index in [0.717, 1.165) is 31.5 Å². The molecule has 4 bridgehead atoms. The molecule has 0 spiro atoms. The number of ether oxygens (including phenoxy) is 1. The summed E-state index contributed by atoms with van der Waals surface area (Å²) in [5, 5.41) is 10.5. The second-order valence-electron chi connectivity index (χ2n) is 8.31. The molecule has 0 aliphatic carbocycles. The van der Waals surface area contributed by atoms with E-state index < -0.39 is 5.41 Å². The third-order valence-electron chi connectivity index (χ3n) is 7.62. The van der Waals surface area contributed by atoms with Crippen LogP contribution in [0, 0.1) is 17.3 Å². The number of aliphatic hydroxyl groups excluding tert-OH is 1. The molecule has 1 N–H and O–H groups in total. The zero-order chi connectivity index (χ0) is 18.1. The predicted octanol–water partition coefficient (Wildman–Crippen LogP) is 2.51. The number of benzene rings is 1. The van der Waals surface area contributed by atoms with Gasteiger partial charge in [0.25, 0.3) is 0 Å². The molecule has 5 aliphatic heterocycles. The smallest absolute Gasteiger partial charge is 0.316 e. The molecule has 5 nitrogen and oxygen atoms in total. The Morgan fingerprint density at radius 1 is 1.38 bits per heavy atom. The lowest BCUT2D eigenvalue weighted by Crippen LogP contribution is -2.75. The van der Waals surface area contributed by atoms with E-state index in [1.165, 1.54) is 18.4 Å². The average molecular weight is 354 g/mol. The summed E-state index contributed by atoms with van der Waals surface area (Å²) in [5.74, 6) is 0.627. The molecule has 1 aromatic carbocycles. The van der Waals surface area contributed by atoms with Crippen molar-refractivity contribution in [3.8, 4) is 0 Å². The molecule has 6 rings (SSSR count). The third kappa shape index (κ3) is 1.83. The van der Waals surface area contributed by atoms with Crippen LogP contribution < -0.4 is 0 Å². The monoisotopic (exact) mass is 354 g/mol. The molecule has 0 saturated carbocycles. The van der Waals surface area contributed by atoms with Crippen LogP contribution in [0.2, 0.25) is 0 Å². The van der Waals surface area contributed by atoms with E-state index in [9.17, 15) is 9.90 Å². The zero-order valence-electron chi connectivity index (χ0n) is 15.4. The quantitative estimate of drug-likeness (QED) is 0.847. The molecule has 1 aromatic rings. The lowest BCUT2D eigenvalue weighted by atomic mass is 9.52. The summed E-state index contributed by atoms with van der Waals surface area (Å²) in [5.41, 5.74) is 2.84. The molecule has 5 heterocycles. The van der Waals surface area contributed by atoms with Gasteiger partial charge >= 0.3 is 5.97 Å². The summed E-state index contributed by atoms with van der Waals surface area (Å²) in [6, 6.07) is 8.69. The Morgan fingerprint density at radius 3 is 2.92 bits per heavy atom. The summed E-state index contributed by atoms with van der Waals surface area (Å²) >= 11 is 0. The van der Waals surface area contributed by atoms with E-state index >= 15 is 0 Å². The van der Waals surface area contributed by atoms with Gasteiger partial charge in [0.2, 0.25) is 0 Å². The first-order valence-corrected chi connectivity index (χ1v) is 9.78. The van der Waals surface area contributed by atoms with Crippen molar-refractivity contribution in [2.45, 2.75) is 44.2 Å². The number of piperidine rings is 4. The topological polar surface area (TPSA) is 62.1 Å². The van der Waals surface area contributed by atoms with E-state index in [1.54, 1.807) is 0 Å². The van der Waals surface area contributed by atoms with Gasteiger partial charge in [-0.2, -0.15) is 0 Å². The maximum atomic E-state index is 13.0. The summed E-state index contributed by atoms with van der Waals surface area (Å²) < 4.78 is 5.25. The van der Waals surface area contributed by atoms with Gasteiger partial charge in [0.1, 0.15) is 5.41 Å². The van der Waals surface area contributed by atoms with Crippen LogP contribution in [0.4, 0.5) is 5.69 Å². The van der Waals surface area contributed by atoms with Gasteiger partial charge in [0.15, 0.2) is 0 Å². The normalized spacial score (nSPS) is 42.0. The van der Waals surface area contributed by atoms with Crippen molar-refractivity contribution in [2.24, 2.45) is 22.2 Å². The second-order valence-corrected chi connectivity index (χ2v) is 8.31. The lowest BCUT2D eigenvalue weighted by molar-refractivity contribution is -0.199. The van der Waals surface area contributed by atoms with Crippen molar-refractivity contribution in [1.29, 1.82) is 0 Å². The van der Waals surface area contributed by atoms with Gasteiger partial charge in [-0.15, -0.1) is 0 Å². The third-order valence-corrected chi connectivity index (χ3v) is 7.62. The first-order chi connectivity index (χ1) is 12.7. The molecule has 5 heteroatoms. The van der Waals surface area contributed by atoms with Gasteiger partial charge in [0, 0.05) is 30.3 Å². The number of hydrogen-bond acceptors (Lipinski definition) is 5. The van der Waals surface area contributed by atoms with Crippen molar-refractivity contribution < 1.29 is 14.6 Å². The molecular formula is C21H26N2O3. The molecule has 0 amide bonds. The highest BCUT2D eigenvalue weighted by molar-refractivity contribution is 6.03. The maximum absolute atomic E-state index is 13.0. The summed E-state index contributed by atoms with van der Waals surface area (Å²) in [7, 11) is 1.45. The number of aliphatic imine (C=N–C) groups is 1. The largest absolute Gasteiger partial charge is 0.468 e. The average Bonchev–Trinajstić information content (AvgIpc) is 3.06. The Kier molecular flexibility index (Phi) is 3.57. The first kappa shape index (κ1) is 16.5. The van der Waals surface area contributed by atoms with Crippen molar-refractivity contribution in [2.75, 3.05) is 20.3 Å². The Bertz CT molecular complexity index is 791. The molecule has 0 aromatic heterocycles. The maximum Gasteiger partial charge on any atom is 0.316 e. The van der Waals surface area contributed by atoms with Crippen molar-refractivity contribution in [1.82, 2.24) is 4.90 Å². The van der Waals surface area contributed by atoms with Gasteiger partial charge in [-0.3, -0.25) is 14.7 Å². The predicted molar refractivity (Wildman–Crippen MR) is 98.6 cm³/mol. The Morgan fingerprint density at radius 2 is 2.19 bits per heavy atom. The number of carbonyl (C=O) groups is 1. The summed E-state index contributed by atoms with van der Waals surface area (Å²) in [4.78, 5) is 20.4. The molecule has 26 heavy (non-hydrogen) atoms. The van der Waals surface area contributed by atoms with Crippen LogP contribution in [0.1, 0.15) is 37.7 Å². The zero-order valence-corrected chi connectivity index (χ0v) is 15.4. The van der Waals surface area contributed by atoms with Gasteiger partial charge in [-0.05, 0) is 36.3 Å². The van der Waals surface area contributed by atoms with Crippen molar-refractivity contribution in [3.63, 3.8) is 0 Å². The van der Waals surface area contributed by atoms with Crippen LogP contribution in [0.5, 0.6) is 0 Å². The Labute approximate surface area is 154 Å². The first-order valence-electron chi connectivity index (χ1n) is 9.78. The highest BCUT2D eigenvalue weighted by atomic mass is 16.5. The molecule has 5 aliphatic rings. The fourth-order valence-electron chi connectivity index (χ4n) is 6.46. The van der Waals surface area contributed by atoms with Crippen molar-refractivity contribution >= 4 is 17.4 Å². The minimum atomic E-state index is -0.798. The van der Waals surface area contributed by atoms with Gasteiger partial charge < -0.3 is 9.84 Å². The van der Waals surface area contributed by atoms with Gasteiger partial charge in [-0.25, -0.2) is 0 Å². The number of rotatable bonds is 3.